The molecule has 1 atom stereocenters. The van der Waals surface area contributed by atoms with Gasteiger partial charge in [0.25, 0.3) is 11.6 Å². The van der Waals surface area contributed by atoms with Gasteiger partial charge in [0, 0.05) is 17.2 Å². The van der Waals surface area contributed by atoms with Gasteiger partial charge >= 0.3 is 5.97 Å². The van der Waals surface area contributed by atoms with Crippen LogP contribution in [0.3, 0.4) is 0 Å². The molecule has 0 spiro atoms. The molecule has 1 amide bonds. The van der Waals surface area contributed by atoms with Gasteiger partial charge < -0.3 is 4.74 Å². The molecule has 0 bridgehead atoms. The molecule has 1 heterocycles. The van der Waals surface area contributed by atoms with Crippen LogP contribution in [0, 0.1) is 17.0 Å². The van der Waals surface area contributed by atoms with Gasteiger partial charge in [-0.1, -0.05) is 29.2 Å². The van der Waals surface area contributed by atoms with E-state index in [0.717, 1.165) is 11.3 Å². The maximum atomic E-state index is 12.2. The molecule has 2 aromatic rings. The van der Waals surface area contributed by atoms with Crippen LogP contribution >= 0.6 is 23.1 Å². The Kier molecular flexibility index (Phi) is 6.64. The average Bonchev–Trinajstić information content (AvgIpc) is 3.01. The molecule has 0 aliphatic rings. The fraction of sp³-hybridized carbons (Fsp3) is 0.333. The highest BCUT2D eigenvalue weighted by molar-refractivity contribution is 8.02. The number of thioether (sulfide) groups is 1. The topological polar surface area (TPSA) is 124 Å². The lowest BCUT2D eigenvalue weighted by atomic mass is 10.1. The van der Waals surface area contributed by atoms with Crippen molar-refractivity contribution in [2.45, 2.75) is 30.4 Å². The standard InChI is InChI=1S/C15H16N4O5S2/c1-4-24-13(21)9(3)25-15-18-17-14(26-15)16-12(20)10-6-5-8(2)11(7-10)19(22)23/h5-7,9H,4H2,1-3H3,(H,16,17,20)/t9-/m0/s1. The van der Waals surface area contributed by atoms with E-state index < -0.39 is 16.1 Å². The quantitative estimate of drug-likeness (QED) is 0.249. The number of benzene rings is 1. The van der Waals surface area contributed by atoms with Crippen molar-refractivity contribution in [3.05, 3.63) is 39.4 Å². The second-order valence-electron chi connectivity index (χ2n) is 5.10. The Bertz CT molecular complexity index is 839. The van der Waals surface area contributed by atoms with Crippen LogP contribution in [0.15, 0.2) is 22.5 Å². The normalized spacial score (nSPS) is 11.7. The maximum Gasteiger partial charge on any atom is 0.319 e. The van der Waals surface area contributed by atoms with Crippen LogP contribution in [0.1, 0.15) is 29.8 Å². The molecule has 0 unspecified atom stereocenters. The zero-order chi connectivity index (χ0) is 19.3. The number of carbonyl (C=O) groups is 2. The number of rotatable bonds is 7. The minimum absolute atomic E-state index is 0.130. The SMILES string of the molecule is CCOC(=O)[C@H](C)Sc1nnc(NC(=O)c2ccc(C)c([N+](=O)[O-])c2)s1. The Hall–Kier alpha value is -2.53. The molecule has 2 rings (SSSR count). The van der Waals surface area contributed by atoms with Gasteiger partial charge in [0.15, 0.2) is 4.34 Å². The van der Waals surface area contributed by atoms with Crippen LogP contribution in [-0.4, -0.2) is 38.9 Å². The minimum Gasteiger partial charge on any atom is -0.465 e. The minimum atomic E-state index is -0.539. The smallest absolute Gasteiger partial charge is 0.319 e. The number of hydrogen-bond donors (Lipinski definition) is 1. The first kappa shape index (κ1) is 19.8. The molecule has 9 nitrogen and oxygen atoms in total. The van der Waals surface area contributed by atoms with Crippen molar-refractivity contribution in [1.29, 1.82) is 0 Å². The lowest BCUT2D eigenvalue weighted by molar-refractivity contribution is -0.385. The highest BCUT2D eigenvalue weighted by atomic mass is 32.2. The molecule has 1 aromatic carbocycles. The maximum absolute atomic E-state index is 12.2. The number of nitro groups is 1. The van der Waals surface area contributed by atoms with Gasteiger partial charge in [-0.05, 0) is 26.8 Å². The van der Waals surface area contributed by atoms with Crippen molar-refractivity contribution in [1.82, 2.24) is 10.2 Å². The van der Waals surface area contributed by atoms with Gasteiger partial charge in [0.1, 0.15) is 5.25 Å². The van der Waals surface area contributed by atoms with E-state index in [1.54, 1.807) is 20.8 Å². The van der Waals surface area contributed by atoms with Gasteiger partial charge in [-0.3, -0.25) is 25.0 Å². The monoisotopic (exact) mass is 396 g/mol. The number of carbonyl (C=O) groups excluding carboxylic acids is 2. The van der Waals surface area contributed by atoms with E-state index in [4.69, 9.17) is 4.74 Å². The Balaban J connectivity index is 2.05. The van der Waals surface area contributed by atoms with E-state index in [1.165, 1.54) is 30.0 Å². The zero-order valence-electron chi connectivity index (χ0n) is 14.2. The molecule has 11 heteroatoms. The lowest BCUT2D eigenvalue weighted by Crippen LogP contribution is -2.16. The predicted octanol–water partition coefficient (Wildman–Crippen LogP) is 3.05. The highest BCUT2D eigenvalue weighted by Gasteiger charge is 2.20. The van der Waals surface area contributed by atoms with Gasteiger partial charge in [-0.15, -0.1) is 10.2 Å². The van der Waals surface area contributed by atoms with Crippen molar-refractivity contribution in [2.24, 2.45) is 0 Å². The lowest BCUT2D eigenvalue weighted by Gasteiger charge is -2.06. The summed E-state index contributed by atoms with van der Waals surface area (Å²) in [4.78, 5) is 34.3. The largest absolute Gasteiger partial charge is 0.465 e. The summed E-state index contributed by atoms with van der Waals surface area (Å²) >= 11 is 2.27. The number of nitrogens with one attached hydrogen (secondary N) is 1. The molecule has 0 aliphatic heterocycles. The summed E-state index contributed by atoms with van der Waals surface area (Å²) in [5.41, 5.74) is 0.482. The van der Waals surface area contributed by atoms with Crippen LogP contribution in [0.25, 0.3) is 0 Å². The molecule has 0 fully saturated rings. The van der Waals surface area contributed by atoms with E-state index >= 15 is 0 Å². The van der Waals surface area contributed by atoms with Crippen LogP contribution in [0.2, 0.25) is 0 Å². The summed E-state index contributed by atoms with van der Waals surface area (Å²) in [5, 5.41) is 21.1. The van der Waals surface area contributed by atoms with Crippen LogP contribution < -0.4 is 5.32 Å². The second-order valence-corrected chi connectivity index (χ2v) is 7.66. The Morgan fingerprint density at radius 2 is 2.15 bits per heavy atom. The Morgan fingerprint density at radius 3 is 2.81 bits per heavy atom. The van der Waals surface area contributed by atoms with Gasteiger partial charge in [-0.25, -0.2) is 0 Å². The van der Waals surface area contributed by atoms with Crippen LogP contribution in [0.5, 0.6) is 0 Å². The van der Waals surface area contributed by atoms with E-state index in [2.05, 4.69) is 15.5 Å². The number of hydrogen-bond acceptors (Lipinski definition) is 9. The van der Waals surface area contributed by atoms with Crippen molar-refractivity contribution in [3.63, 3.8) is 0 Å². The van der Waals surface area contributed by atoms with E-state index in [0.29, 0.717) is 16.5 Å². The molecule has 26 heavy (non-hydrogen) atoms. The van der Waals surface area contributed by atoms with Crippen molar-refractivity contribution in [2.75, 3.05) is 11.9 Å². The molecule has 1 aromatic heterocycles. The number of nitrogens with zero attached hydrogens (tertiary/aromatic N) is 3. The molecule has 0 saturated heterocycles. The average molecular weight is 396 g/mol. The summed E-state index contributed by atoms with van der Waals surface area (Å²) in [7, 11) is 0. The van der Waals surface area contributed by atoms with E-state index in [9.17, 15) is 19.7 Å². The molecule has 0 saturated carbocycles. The second kappa shape index (κ2) is 8.72. The van der Waals surface area contributed by atoms with Crippen LogP contribution in [0.4, 0.5) is 10.8 Å². The molecule has 138 valence electrons. The summed E-state index contributed by atoms with van der Waals surface area (Å²) in [6.45, 7) is 5.31. The van der Waals surface area contributed by atoms with E-state index in [1.807, 2.05) is 0 Å². The predicted molar refractivity (Wildman–Crippen MR) is 97.6 cm³/mol. The van der Waals surface area contributed by atoms with Gasteiger partial charge in [0.2, 0.25) is 5.13 Å². The zero-order valence-corrected chi connectivity index (χ0v) is 15.8. The molecular weight excluding hydrogens is 380 g/mol. The highest BCUT2D eigenvalue weighted by Crippen LogP contribution is 2.29. The number of aryl methyl sites for hydroxylation is 1. The Morgan fingerprint density at radius 1 is 1.42 bits per heavy atom. The van der Waals surface area contributed by atoms with Crippen molar-refractivity contribution in [3.8, 4) is 0 Å². The first-order chi connectivity index (χ1) is 12.3. The summed E-state index contributed by atoms with van der Waals surface area (Å²) in [6, 6.07) is 4.22. The third kappa shape index (κ3) is 4.99. The summed E-state index contributed by atoms with van der Waals surface area (Å²) < 4.78 is 5.41. The first-order valence-electron chi connectivity index (χ1n) is 7.55. The molecule has 1 N–H and O–H groups in total. The number of anilines is 1. The summed E-state index contributed by atoms with van der Waals surface area (Å²) in [6.07, 6.45) is 0. The third-order valence-electron chi connectivity index (χ3n) is 3.19. The number of aromatic nitrogens is 2. The molecule has 0 aliphatic carbocycles. The number of amides is 1. The third-order valence-corrected chi connectivity index (χ3v) is 5.19. The summed E-state index contributed by atoms with van der Waals surface area (Å²) in [5.74, 6) is -0.885. The molecular formula is C15H16N4O5S2. The van der Waals surface area contributed by atoms with Crippen molar-refractivity contribution < 1.29 is 19.2 Å². The van der Waals surface area contributed by atoms with Gasteiger partial charge in [-0.2, -0.15) is 0 Å². The van der Waals surface area contributed by atoms with Gasteiger partial charge in [0.05, 0.1) is 11.5 Å². The van der Waals surface area contributed by atoms with E-state index in [-0.39, 0.29) is 22.4 Å². The molecule has 0 radical (unpaired) electrons. The number of ether oxygens (including phenoxy) is 1. The Labute approximate surface area is 157 Å². The number of nitro benzene ring substituents is 1. The van der Waals surface area contributed by atoms with Crippen molar-refractivity contribution >= 4 is 45.8 Å². The fourth-order valence-electron chi connectivity index (χ4n) is 1.88. The fourth-order valence-corrected chi connectivity index (χ4v) is 3.77. The number of esters is 1. The first-order valence-corrected chi connectivity index (χ1v) is 9.24. The van der Waals surface area contributed by atoms with Crippen LogP contribution in [-0.2, 0) is 9.53 Å².